The molecular weight excluding hydrogens is 249 g/mol. The number of carbonyl (C=O) groups is 2. The Morgan fingerprint density at radius 3 is 3.00 bits per heavy atom. The summed E-state index contributed by atoms with van der Waals surface area (Å²) < 4.78 is 18.6. The van der Waals surface area contributed by atoms with Crippen LogP contribution >= 0.6 is 11.3 Å². The number of nitrogens with zero attached hydrogens (tertiary/aromatic N) is 1. The molecule has 1 aliphatic heterocycles. The van der Waals surface area contributed by atoms with Gasteiger partial charge in [-0.1, -0.05) is 0 Å². The monoisotopic (exact) mass is 259 g/mol. The minimum absolute atomic E-state index is 0.00244. The first-order chi connectivity index (χ1) is 8.09. The van der Waals surface area contributed by atoms with E-state index in [4.69, 9.17) is 9.84 Å². The van der Waals surface area contributed by atoms with Crippen LogP contribution in [-0.2, 0) is 16.1 Å². The van der Waals surface area contributed by atoms with E-state index in [1.807, 2.05) is 0 Å². The number of carboxylic acid groups (broad SMARTS) is 1. The maximum atomic E-state index is 13.6. The van der Waals surface area contributed by atoms with Gasteiger partial charge in [-0.25, -0.2) is 9.18 Å². The van der Waals surface area contributed by atoms with Crippen LogP contribution in [0.2, 0.25) is 0 Å². The van der Waals surface area contributed by atoms with Gasteiger partial charge in [0.25, 0.3) is 0 Å². The summed E-state index contributed by atoms with van der Waals surface area (Å²) in [4.78, 5) is 23.2. The second-order valence-corrected chi connectivity index (χ2v) is 4.46. The van der Waals surface area contributed by atoms with E-state index in [0.29, 0.717) is 13.2 Å². The second-order valence-electron chi connectivity index (χ2n) is 3.58. The SMILES string of the molecule is O=C(O)c1scc(CN2CCOCC2=O)c1F. The Labute approximate surface area is 100 Å². The highest BCUT2D eigenvalue weighted by atomic mass is 32.1. The Hall–Kier alpha value is -1.47. The zero-order valence-electron chi connectivity index (χ0n) is 8.81. The molecule has 1 fully saturated rings. The van der Waals surface area contributed by atoms with Gasteiger partial charge in [-0.2, -0.15) is 0 Å². The highest BCUT2D eigenvalue weighted by molar-refractivity contribution is 7.12. The number of hydrogen-bond donors (Lipinski definition) is 1. The first kappa shape index (κ1) is 12.0. The smallest absolute Gasteiger partial charge is 0.348 e. The molecule has 0 radical (unpaired) electrons. The molecule has 0 unspecified atom stereocenters. The van der Waals surface area contributed by atoms with E-state index >= 15 is 0 Å². The first-order valence-corrected chi connectivity index (χ1v) is 5.82. The quantitative estimate of drug-likeness (QED) is 0.877. The van der Waals surface area contributed by atoms with E-state index in [-0.39, 0.29) is 29.5 Å². The number of amides is 1. The van der Waals surface area contributed by atoms with Gasteiger partial charge in [0.1, 0.15) is 11.5 Å². The number of thiophene rings is 1. The summed E-state index contributed by atoms with van der Waals surface area (Å²) in [5.74, 6) is -2.24. The minimum atomic E-state index is -1.29. The molecule has 1 aromatic rings. The molecule has 7 heteroatoms. The van der Waals surface area contributed by atoms with Crippen LogP contribution in [0.25, 0.3) is 0 Å². The molecule has 0 bridgehead atoms. The van der Waals surface area contributed by atoms with Gasteiger partial charge >= 0.3 is 5.97 Å². The molecule has 1 aromatic heterocycles. The average molecular weight is 259 g/mol. The van der Waals surface area contributed by atoms with Gasteiger partial charge in [0, 0.05) is 18.7 Å². The third-order valence-corrected chi connectivity index (χ3v) is 3.43. The van der Waals surface area contributed by atoms with Crippen molar-refractivity contribution in [3.8, 4) is 0 Å². The lowest BCUT2D eigenvalue weighted by Gasteiger charge is -2.26. The Balaban J connectivity index is 2.13. The number of morpholine rings is 1. The molecule has 92 valence electrons. The molecule has 1 amide bonds. The maximum Gasteiger partial charge on any atom is 0.348 e. The summed E-state index contributed by atoms with van der Waals surface area (Å²) in [7, 11) is 0. The highest BCUT2D eigenvalue weighted by Crippen LogP contribution is 2.22. The molecule has 17 heavy (non-hydrogen) atoms. The van der Waals surface area contributed by atoms with Gasteiger partial charge in [-0.3, -0.25) is 4.79 Å². The molecule has 0 spiro atoms. The Morgan fingerprint density at radius 1 is 1.65 bits per heavy atom. The second kappa shape index (κ2) is 4.80. The van der Waals surface area contributed by atoms with E-state index in [2.05, 4.69) is 0 Å². The van der Waals surface area contributed by atoms with E-state index in [1.54, 1.807) is 0 Å². The summed E-state index contributed by atoms with van der Waals surface area (Å²) in [6, 6.07) is 0. The summed E-state index contributed by atoms with van der Waals surface area (Å²) >= 11 is 0.830. The Morgan fingerprint density at radius 2 is 2.41 bits per heavy atom. The third-order valence-electron chi connectivity index (χ3n) is 2.44. The molecule has 5 nitrogen and oxygen atoms in total. The zero-order valence-corrected chi connectivity index (χ0v) is 9.63. The molecule has 0 atom stereocenters. The number of ether oxygens (including phenoxy) is 1. The van der Waals surface area contributed by atoms with Crippen LogP contribution in [0.5, 0.6) is 0 Å². The predicted octanol–water partition coefficient (Wildman–Crippen LogP) is 0.944. The summed E-state index contributed by atoms with van der Waals surface area (Å²) in [5, 5.41) is 10.1. The number of rotatable bonds is 3. The molecule has 0 aliphatic carbocycles. The molecule has 1 aliphatic rings. The molecule has 0 saturated carbocycles. The van der Waals surface area contributed by atoms with Crippen molar-refractivity contribution in [2.24, 2.45) is 0 Å². The van der Waals surface area contributed by atoms with Crippen molar-refractivity contribution in [2.45, 2.75) is 6.54 Å². The van der Waals surface area contributed by atoms with Crippen LogP contribution in [0, 0.1) is 5.82 Å². The van der Waals surface area contributed by atoms with Crippen LogP contribution in [0.3, 0.4) is 0 Å². The summed E-state index contributed by atoms with van der Waals surface area (Å²) in [6.07, 6.45) is 0. The fraction of sp³-hybridized carbons (Fsp3) is 0.400. The molecule has 2 rings (SSSR count). The van der Waals surface area contributed by atoms with Crippen LogP contribution in [0.4, 0.5) is 4.39 Å². The summed E-state index contributed by atoms with van der Waals surface area (Å²) in [5.41, 5.74) is 0.239. The fourth-order valence-electron chi connectivity index (χ4n) is 1.55. The largest absolute Gasteiger partial charge is 0.477 e. The van der Waals surface area contributed by atoms with Gasteiger partial charge in [0.15, 0.2) is 5.82 Å². The molecule has 0 aromatic carbocycles. The van der Waals surface area contributed by atoms with Crippen molar-refractivity contribution in [1.29, 1.82) is 0 Å². The zero-order chi connectivity index (χ0) is 12.4. The normalized spacial score (nSPS) is 16.3. The van der Waals surface area contributed by atoms with Crippen molar-refractivity contribution < 1.29 is 23.8 Å². The maximum absolute atomic E-state index is 13.6. The van der Waals surface area contributed by atoms with Crippen LogP contribution in [0.15, 0.2) is 5.38 Å². The van der Waals surface area contributed by atoms with E-state index in [9.17, 15) is 14.0 Å². The number of carboxylic acids is 1. The van der Waals surface area contributed by atoms with E-state index in [1.165, 1.54) is 10.3 Å². The van der Waals surface area contributed by atoms with Crippen molar-refractivity contribution in [2.75, 3.05) is 19.8 Å². The highest BCUT2D eigenvalue weighted by Gasteiger charge is 2.23. The van der Waals surface area contributed by atoms with Crippen LogP contribution < -0.4 is 0 Å². The van der Waals surface area contributed by atoms with Crippen molar-refractivity contribution in [3.63, 3.8) is 0 Å². The lowest BCUT2D eigenvalue weighted by Crippen LogP contribution is -2.41. The van der Waals surface area contributed by atoms with Gasteiger partial charge in [0.05, 0.1) is 6.61 Å². The molecule has 1 N–H and O–H groups in total. The lowest BCUT2D eigenvalue weighted by molar-refractivity contribution is -0.143. The van der Waals surface area contributed by atoms with Gasteiger partial charge in [0.2, 0.25) is 5.91 Å². The van der Waals surface area contributed by atoms with E-state index < -0.39 is 11.8 Å². The third kappa shape index (κ3) is 2.45. The molecular formula is C10H10FNO4S. The number of aromatic carboxylic acids is 1. The molecule has 2 heterocycles. The Kier molecular flexibility index (Phi) is 3.39. The van der Waals surface area contributed by atoms with Crippen LogP contribution in [-0.4, -0.2) is 41.6 Å². The fourth-order valence-corrected chi connectivity index (χ4v) is 2.33. The number of hydrogen-bond acceptors (Lipinski definition) is 4. The lowest BCUT2D eigenvalue weighted by atomic mass is 10.2. The predicted molar refractivity (Wildman–Crippen MR) is 57.5 cm³/mol. The van der Waals surface area contributed by atoms with Crippen molar-refractivity contribution in [3.05, 3.63) is 21.6 Å². The van der Waals surface area contributed by atoms with E-state index in [0.717, 1.165) is 11.3 Å². The van der Waals surface area contributed by atoms with Crippen molar-refractivity contribution in [1.82, 2.24) is 4.90 Å². The van der Waals surface area contributed by atoms with Gasteiger partial charge in [-0.15, -0.1) is 11.3 Å². The van der Waals surface area contributed by atoms with Crippen LogP contribution in [0.1, 0.15) is 15.2 Å². The van der Waals surface area contributed by atoms with Crippen molar-refractivity contribution >= 4 is 23.2 Å². The molecule has 1 saturated heterocycles. The topological polar surface area (TPSA) is 66.8 Å². The number of carbonyl (C=O) groups excluding carboxylic acids is 1. The minimum Gasteiger partial charge on any atom is -0.477 e. The average Bonchev–Trinajstić information content (AvgIpc) is 2.64. The van der Waals surface area contributed by atoms with Gasteiger partial charge in [-0.05, 0) is 5.38 Å². The number of halogens is 1. The summed E-state index contributed by atoms with van der Waals surface area (Å²) in [6.45, 7) is 0.912. The first-order valence-electron chi connectivity index (χ1n) is 4.94. The van der Waals surface area contributed by atoms with Gasteiger partial charge < -0.3 is 14.7 Å². The Bertz CT molecular complexity index is 459. The standard InChI is InChI=1S/C10H10FNO4S/c11-8-6(5-17-9(8)10(14)15)3-12-1-2-16-4-7(12)13/h5H,1-4H2,(H,14,15).